The van der Waals surface area contributed by atoms with Crippen molar-refractivity contribution in [2.24, 2.45) is 5.92 Å². The summed E-state index contributed by atoms with van der Waals surface area (Å²) in [4.78, 5) is 0. The highest BCUT2D eigenvalue weighted by molar-refractivity contribution is 5.90. The van der Waals surface area contributed by atoms with Gasteiger partial charge in [0.05, 0.1) is 32.8 Å². The summed E-state index contributed by atoms with van der Waals surface area (Å²) in [5, 5.41) is 4.16. The van der Waals surface area contributed by atoms with Crippen LogP contribution in [0.2, 0.25) is 0 Å². The van der Waals surface area contributed by atoms with Crippen molar-refractivity contribution in [2.45, 2.75) is 19.9 Å². The lowest BCUT2D eigenvalue weighted by atomic mass is 10.0. The van der Waals surface area contributed by atoms with Crippen LogP contribution in [0.1, 0.15) is 25.6 Å². The Morgan fingerprint density at radius 1 is 1.00 bits per heavy atom. The number of rotatable bonds is 6. The Kier molecular flexibility index (Phi) is 4.63. The highest BCUT2D eigenvalue weighted by atomic mass is 16.5. The summed E-state index contributed by atoms with van der Waals surface area (Å²) in [5.41, 5.74) is 0.723. The largest absolute Gasteiger partial charge is 0.493 e. The number of furan rings is 1. The number of nitrogens with one attached hydrogen (secondary N) is 1. The molecule has 1 aromatic heterocycles. The van der Waals surface area contributed by atoms with E-state index in [0.29, 0.717) is 23.2 Å². The van der Waals surface area contributed by atoms with E-state index < -0.39 is 0 Å². The van der Waals surface area contributed by atoms with Crippen LogP contribution in [-0.4, -0.2) is 28.4 Å². The minimum Gasteiger partial charge on any atom is -0.493 e. The van der Waals surface area contributed by atoms with Crippen LogP contribution in [0.15, 0.2) is 16.5 Å². The Labute approximate surface area is 125 Å². The van der Waals surface area contributed by atoms with Crippen molar-refractivity contribution in [3.05, 3.63) is 17.9 Å². The number of hydrogen-bond donors (Lipinski definition) is 1. The summed E-state index contributed by atoms with van der Waals surface area (Å²) < 4.78 is 22.2. The van der Waals surface area contributed by atoms with E-state index in [0.717, 1.165) is 16.7 Å². The molecule has 5 heteroatoms. The maximum absolute atomic E-state index is 5.99. The molecule has 1 atom stereocenters. The van der Waals surface area contributed by atoms with Gasteiger partial charge in [-0.15, -0.1) is 0 Å². The van der Waals surface area contributed by atoms with E-state index >= 15 is 0 Å². The number of methoxy groups -OCH3 is 3. The lowest BCUT2D eigenvalue weighted by Crippen LogP contribution is -2.20. The first-order chi connectivity index (χ1) is 10.1. The molecule has 1 unspecified atom stereocenters. The Bertz CT molecular complexity index is 618. The Hall–Kier alpha value is -1.88. The van der Waals surface area contributed by atoms with Gasteiger partial charge in [0.25, 0.3) is 0 Å². The lowest BCUT2D eigenvalue weighted by molar-refractivity contribution is 0.326. The van der Waals surface area contributed by atoms with Crippen LogP contribution in [0.3, 0.4) is 0 Å². The molecule has 1 aromatic carbocycles. The summed E-state index contributed by atoms with van der Waals surface area (Å²) in [6.07, 6.45) is 0. The van der Waals surface area contributed by atoms with Gasteiger partial charge in [-0.05, 0) is 19.0 Å². The molecule has 0 saturated heterocycles. The van der Waals surface area contributed by atoms with Gasteiger partial charge in [-0.25, -0.2) is 0 Å². The fraction of sp³-hybridized carbons (Fsp3) is 0.500. The van der Waals surface area contributed by atoms with Gasteiger partial charge in [0.1, 0.15) is 11.3 Å². The molecule has 0 fully saturated rings. The summed E-state index contributed by atoms with van der Waals surface area (Å²) in [6.45, 7) is 4.29. The smallest absolute Gasteiger partial charge is 0.204 e. The first-order valence-electron chi connectivity index (χ1n) is 6.97. The van der Waals surface area contributed by atoms with Gasteiger partial charge < -0.3 is 23.9 Å². The SMILES string of the molecule is CNC(c1cc2c(OC)c(OC)c(OC)cc2o1)C(C)C. The van der Waals surface area contributed by atoms with Gasteiger partial charge in [0, 0.05) is 6.07 Å². The molecule has 0 spiro atoms. The van der Waals surface area contributed by atoms with Crippen molar-refractivity contribution in [1.29, 1.82) is 0 Å². The Balaban J connectivity index is 2.66. The quantitative estimate of drug-likeness (QED) is 0.885. The fourth-order valence-corrected chi connectivity index (χ4v) is 2.63. The van der Waals surface area contributed by atoms with Crippen LogP contribution in [0.4, 0.5) is 0 Å². The van der Waals surface area contributed by atoms with Crippen molar-refractivity contribution < 1.29 is 18.6 Å². The number of fused-ring (bicyclic) bond motifs is 1. The molecule has 2 aromatic rings. The average Bonchev–Trinajstić information content (AvgIpc) is 2.88. The van der Waals surface area contributed by atoms with Crippen molar-refractivity contribution in [2.75, 3.05) is 28.4 Å². The monoisotopic (exact) mass is 293 g/mol. The van der Waals surface area contributed by atoms with E-state index in [1.54, 1.807) is 21.3 Å². The Morgan fingerprint density at radius 2 is 1.67 bits per heavy atom. The molecular formula is C16H23NO4. The van der Waals surface area contributed by atoms with Crippen LogP contribution in [0.25, 0.3) is 11.0 Å². The second-order valence-corrected chi connectivity index (χ2v) is 5.22. The molecule has 0 amide bonds. The molecule has 0 bridgehead atoms. The van der Waals surface area contributed by atoms with E-state index in [9.17, 15) is 0 Å². The van der Waals surface area contributed by atoms with Crippen LogP contribution in [0, 0.1) is 5.92 Å². The maximum atomic E-state index is 5.99. The van der Waals surface area contributed by atoms with Gasteiger partial charge in [-0.3, -0.25) is 0 Å². The molecule has 1 heterocycles. The van der Waals surface area contributed by atoms with E-state index in [1.165, 1.54) is 0 Å². The van der Waals surface area contributed by atoms with Crippen LogP contribution >= 0.6 is 0 Å². The first kappa shape index (κ1) is 15.5. The summed E-state index contributed by atoms with van der Waals surface area (Å²) in [7, 11) is 6.73. The molecule has 1 N–H and O–H groups in total. The maximum Gasteiger partial charge on any atom is 0.204 e. The van der Waals surface area contributed by atoms with Gasteiger partial charge in [-0.2, -0.15) is 0 Å². The third-order valence-electron chi connectivity index (χ3n) is 3.63. The zero-order valence-electron chi connectivity index (χ0n) is 13.4. The van der Waals surface area contributed by atoms with Crippen LogP contribution < -0.4 is 19.5 Å². The van der Waals surface area contributed by atoms with E-state index in [1.807, 2.05) is 19.2 Å². The van der Waals surface area contributed by atoms with Crippen molar-refractivity contribution in [1.82, 2.24) is 5.32 Å². The molecule has 2 rings (SSSR count). The fourth-order valence-electron chi connectivity index (χ4n) is 2.63. The zero-order valence-corrected chi connectivity index (χ0v) is 13.4. The van der Waals surface area contributed by atoms with Crippen molar-refractivity contribution >= 4 is 11.0 Å². The van der Waals surface area contributed by atoms with E-state index in [4.69, 9.17) is 18.6 Å². The third kappa shape index (κ3) is 2.65. The van der Waals surface area contributed by atoms with Crippen molar-refractivity contribution in [3.8, 4) is 17.2 Å². The molecule has 116 valence electrons. The van der Waals surface area contributed by atoms with Crippen LogP contribution in [-0.2, 0) is 0 Å². The predicted octanol–water partition coefficient (Wildman–Crippen LogP) is 3.38. The van der Waals surface area contributed by atoms with Gasteiger partial charge in [-0.1, -0.05) is 13.8 Å². The molecule has 21 heavy (non-hydrogen) atoms. The number of hydrogen-bond acceptors (Lipinski definition) is 5. The van der Waals surface area contributed by atoms with Gasteiger partial charge >= 0.3 is 0 Å². The highest BCUT2D eigenvalue weighted by Gasteiger charge is 2.23. The predicted molar refractivity (Wildman–Crippen MR) is 82.5 cm³/mol. The zero-order chi connectivity index (χ0) is 15.6. The molecular weight excluding hydrogens is 270 g/mol. The standard InChI is InChI=1S/C16H23NO4/c1-9(2)14(17-3)12-7-10-11(21-12)8-13(18-4)16(20-6)15(10)19-5/h7-9,14,17H,1-6H3. The minimum atomic E-state index is 0.138. The topological polar surface area (TPSA) is 52.9 Å². The molecule has 5 nitrogen and oxygen atoms in total. The second-order valence-electron chi connectivity index (χ2n) is 5.22. The third-order valence-corrected chi connectivity index (χ3v) is 3.63. The Morgan fingerprint density at radius 3 is 2.14 bits per heavy atom. The normalized spacial score (nSPS) is 12.7. The number of ether oxygens (including phenoxy) is 3. The second kappa shape index (κ2) is 6.26. The van der Waals surface area contributed by atoms with Crippen molar-refractivity contribution in [3.63, 3.8) is 0 Å². The number of benzene rings is 1. The highest BCUT2D eigenvalue weighted by Crippen LogP contribution is 2.45. The average molecular weight is 293 g/mol. The van der Waals surface area contributed by atoms with Gasteiger partial charge in [0.2, 0.25) is 5.75 Å². The molecule has 0 radical (unpaired) electrons. The first-order valence-corrected chi connectivity index (χ1v) is 6.97. The van der Waals surface area contributed by atoms with E-state index in [2.05, 4.69) is 19.2 Å². The molecule has 0 aliphatic rings. The van der Waals surface area contributed by atoms with Crippen LogP contribution in [0.5, 0.6) is 17.2 Å². The molecule has 0 saturated carbocycles. The summed E-state index contributed by atoms with van der Waals surface area (Å²) in [5.74, 6) is 3.07. The summed E-state index contributed by atoms with van der Waals surface area (Å²) in [6, 6.07) is 3.96. The van der Waals surface area contributed by atoms with E-state index in [-0.39, 0.29) is 6.04 Å². The lowest BCUT2D eigenvalue weighted by Gasteiger charge is -2.16. The molecule has 0 aliphatic carbocycles. The molecule has 0 aliphatic heterocycles. The minimum absolute atomic E-state index is 0.138. The summed E-state index contributed by atoms with van der Waals surface area (Å²) >= 11 is 0. The van der Waals surface area contributed by atoms with Gasteiger partial charge in [0.15, 0.2) is 11.5 Å².